The van der Waals surface area contributed by atoms with E-state index < -0.39 is 6.10 Å². The lowest BCUT2D eigenvalue weighted by molar-refractivity contribution is 0.191. The lowest BCUT2D eigenvalue weighted by Gasteiger charge is -2.15. The van der Waals surface area contributed by atoms with E-state index in [1.807, 2.05) is 49.4 Å². The molecule has 2 rings (SSSR count). The Morgan fingerprint density at radius 1 is 1.11 bits per heavy atom. The summed E-state index contributed by atoms with van der Waals surface area (Å²) < 4.78 is 0. The van der Waals surface area contributed by atoms with Gasteiger partial charge in [0.25, 0.3) is 0 Å². The van der Waals surface area contributed by atoms with Gasteiger partial charge in [0.15, 0.2) is 0 Å². The molecule has 0 amide bonds. The van der Waals surface area contributed by atoms with Gasteiger partial charge < -0.3 is 10.4 Å². The van der Waals surface area contributed by atoms with Gasteiger partial charge in [0.05, 0.1) is 16.8 Å². The minimum Gasteiger partial charge on any atom is -0.387 e. The molecule has 2 aromatic carbocycles. The molecule has 100 valence electrons. The van der Waals surface area contributed by atoms with E-state index in [0.717, 1.165) is 11.3 Å². The second-order valence-electron chi connectivity index (χ2n) is 4.72. The topological polar surface area (TPSA) is 32.3 Å². The first-order valence-electron chi connectivity index (χ1n) is 6.31. The zero-order chi connectivity index (χ0) is 13.8. The molecule has 0 aliphatic heterocycles. The van der Waals surface area contributed by atoms with E-state index in [4.69, 9.17) is 11.6 Å². The highest BCUT2D eigenvalue weighted by atomic mass is 35.5. The first-order valence-corrected chi connectivity index (χ1v) is 6.69. The summed E-state index contributed by atoms with van der Waals surface area (Å²) in [6.07, 6.45) is -0.546. The van der Waals surface area contributed by atoms with Gasteiger partial charge in [-0.15, -0.1) is 0 Å². The second kappa shape index (κ2) is 6.09. The zero-order valence-electron chi connectivity index (χ0n) is 11.2. The summed E-state index contributed by atoms with van der Waals surface area (Å²) in [6, 6.07) is 13.5. The van der Waals surface area contributed by atoms with Gasteiger partial charge in [0.2, 0.25) is 0 Å². The molecule has 1 atom stereocenters. The van der Waals surface area contributed by atoms with Gasteiger partial charge in [0, 0.05) is 6.54 Å². The monoisotopic (exact) mass is 275 g/mol. The van der Waals surface area contributed by atoms with Crippen molar-refractivity contribution in [2.45, 2.75) is 20.0 Å². The SMILES string of the molecule is Cc1ccc(C(O)CNc2ccccc2Cl)cc1C. The van der Waals surface area contributed by atoms with Crippen molar-refractivity contribution in [3.05, 3.63) is 64.2 Å². The van der Waals surface area contributed by atoms with Crippen LogP contribution in [-0.4, -0.2) is 11.7 Å². The molecular weight excluding hydrogens is 258 g/mol. The molecule has 0 aliphatic rings. The molecule has 0 saturated heterocycles. The number of nitrogens with one attached hydrogen (secondary N) is 1. The first-order chi connectivity index (χ1) is 9.08. The number of rotatable bonds is 4. The van der Waals surface area contributed by atoms with Crippen LogP contribution < -0.4 is 5.32 Å². The van der Waals surface area contributed by atoms with Gasteiger partial charge in [-0.25, -0.2) is 0 Å². The van der Waals surface area contributed by atoms with E-state index in [1.54, 1.807) is 0 Å². The van der Waals surface area contributed by atoms with Crippen molar-refractivity contribution in [1.82, 2.24) is 0 Å². The van der Waals surface area contributed by atoms with Crippen molar-refractivity contribution in [1.29, 1.82) is 0 Å². The summed E-state index contributed by atoms with van der Waals surface area (Å²) in [5.41, 5.74) is 4.18. The van der Waals surface area contributed by atoms with E-state index in [0.29, 0.717) is 11.6 Å². The van der Waals surface area contributed by atoms with Crippen LogP contribution in [0.4, 0.5) is 5.69 Å². The Bertz CT molecular complexity index is 568. The van der Waals surface area contributed by atoms with Crippen LogP contribution in [0.15, 0.2) is 42.5 Å². The molecule has 0 bridgehead atoms. The molecule has 0 radical (unpaired) electrons. The molecule has 0 aromatic heterocycles. The summed E-state index contributed by atoms with van der Waals surface area (Å²) in [6.45, 7) is 4.55. The zero-order valence-corrected chi connectivity index (χ0v) is 11.9. The summed E-state index contributed by atoms with van der Waals surface area (Å²) in [4.78, 5) is 0. The second-order valence-corrected chi connectivity index (χ2v) is 5.13. The summed E-state index contributed by atoms with van der Waals surface area (Å²) >= 11 is 6.06. The van der Waals surface area contributed by atoms with Gasteiger partial charge in [-0.1, -0.05) is 41.9 Å². The maximum absolute atomic E-state index is 10.2. The van der Waals surface area contributed by atoms with Gasteiger partial charge in [-0.2, -0.15) is 0 Å². The van der Waals surface area contributed by atoms with E-state index in [2.05, 4.69) is 12.2 Å². The number of aliphatic hydroxyl groups is 1. The maximum atomic E-state index is 10.2. The summed E-state index contributed by atoms with van der Waals surface area (Å²) in [7, 11) is 0. The lowest BCUT2D eigenvalue weighted by Crippen LogP contribution is -2.12. The van der Waals surface area contributed by atoms with Crippen LogP contribution in [-0.2, 0) is 0 Å². The Balaban J connectivity index is 2.03. The highest BCUT2D eigenvalue weighted by molar-refractivity contribution is 6.33. The standard InChI is InChI=1S/C16H18ClNO/c1-11-7-8-13(9-12(11)2)16(19)10-18-15-6-4-3-5-14(15)17/h3-9,16,18-19H,10H2,1-2H3. The Hall–Kier alpha value is -1.51. The van der Waals surface area contributed by atoms with Gasteiger partial charge in [0.1, 0.15) is 0 Å². The molecule has 0 saturated carbocycles. The fourth-order valence-electron chi connectivity index (χ4n) is 1.90. The number of hydrogen-bond donors (Lipinski definition) is 2. The Labute approximate surface area is 119 Å². The third-order valence-electron chi connectivity index (χ3n) is 3.28. The van der Waals surface area contributed by atoms with Crippen molar-refractivity contribution in [2.75, 3.05) is 11.9 Å². The minimum absolute atomic E-state index is 0.437. The Morgan fingerprint density at radius 3 is 2.53 bits per heavy atom. The number of halogens is 1. The van der Waals surface area contributed by atoms with Crippen molar-refractivity contribution in [3.63, 3.8) is 0 Å². The molecule has 19 heavy (non-hydrogen) atoms. The van der Waals surface area contributed by atoms with Crippen LogP contribution in [0, 0.1) is 13.8 Å². The third-order valence-corrected chi connectivity index (χ3v) is 3.61. The molecule has 1 unspecified atom stereocenters. The molecule has 2 nitrogen and oxygen atoms in total. The van der Waals surface area contributed by atoms with Crippen LogP contribution in [0.3, 0.4) is 0 Å². The minimum atomic E-state index is -0.546. The van der Waals surface area contributed by atoms with Crippen LogP contribution in [0.25, 0.3) is 0 Å². The number of aliphatic hydroxyl groups excluding tert-OH is 1. The fourth-order valence-corrected chi connectivity index (χ4v) is 2.10. The fraction of sp³-hybridized carbons (Fsp3) is 0.250. The highest BCUT2D eigenvalue weighted by Crippen LogP contribution is 2.22. The van der Waals surface area contributed by atoms with Gasteiger partial charge in [-0.3, -0.25) is 0 Å². The van der Waals surface area contributed by atoms with Crippen LogP contribution in [0.5, 0.6) is 0 Å². The summed E-state index contributed by atoms with van der Waals surface area (Å²) in [5, 5.41) is 14.0. The van der Waals surface area contributed by atoms with E-state index in [-0.39, 0.29) is 0 Å². The Morgan fingerprint density at radius 2 is 1.84 bits per heavy atom. The number of aryl methyl sites for hydroxylation is 2. The number of benzene rings is 2. The molecule has 0 heterocycles. The highest BCUT2D eigenvalue weighted by Gasteiger charge is 2.09. The largest absolute Gasteiger partial charge is 0.387 e. The average Bonchev–Trinajstić information content (AvgIpc) is 2.40. The maximum Gasteiger partial charge on any atom is 0.0962 e. The molecule has 0 aliphatic carbocycles. The average molecular weight is 276 g/mol. The van der Waals surface area contributed by atoms with Crippen molar-refractivity contribution in [2.24, 2.45) is 0 Å². The van der Waals surface area contributed by atoms with E-state index in [9.17, 15) is 5.11 Å². The first kappa shape index (κ1) is 13.9. The molecular formula is C16H18ClNO. The molecule has 0 fully saturated rings. The van der Waals surface area contributed by atoms with Crippen LogP contribution in [0.2, 0.25) is 5.02 Å². The quantitative estimate of drug-likeness (QED) is 0.880. The smallest absolute Gasteiger partial charge is 0.0962 e. The third kappa shape index (κ3) is 3.49. The number of hydrogen-bond acceptors (Lipinski definition) is 2. The summed E-state index contributed by atoms with van der Waals surface area (Å²) in [5.74, 6) is 0. The van der Waals surface area contributed by atoms with Crippen molar-refractivity contribution in [3.8, 4) is 0 Å². The van der Waals surface area contributed by atoms with Crippen LogP contribution >= 0.6 is 11.6 Å². The number of anilines is 1. The molecule has 2 N–H and O–H groups in total. The number of para-hydroxylation sites is 1. The lowest BCUT2D eigenvalue weighted by atomic mass is 10.0. The van der Waals surface area contributed by atoms with E-state index in [1.165, 1.54) is 11.1 Å². The molecule has 3 heteroatoms. The molecule has 0 spiro atoms. The van der Waals surface area contributed by atoms with Gasteiger partial charge in [-0.05, 0) is 42.7 Å². The van der Waals surface area contributed by atoms with E-state index >= 15 is 0 Å². The van der Waals surface area contributed by atoms with Crippen LogP contribution in [0.1, 0.15) is 22.8 Å². The molecule has 2 aromatic rings. The predicted molar refractivity (Wildman–Crippen MR) is 80.8 cm³/mol. The predicted octanol–water partition coefficient (Wildman–Crippen LogP) is 4.10. The van der Waals surface area contributed by atoms with Gasteiger partial charge >= 0.3 is 0 Å². The normalized spacial score (nSPS) is 12.2. The van der Waals surface area contributed by atoms with Crippen molar-refractivity contribution < 1.29 is 5.11 Å². The Kier molecular flexibility index (Phi) is 4.46. The van der Waals surface area contributed by atoms with Crippen molar-refractivity contribution >= 4 is 17.3 Å².